The van der Waals surface area contributed by atoms with Gasteiger partial charge in [0.25, 0.3) is 5.79 Å². The second-order valence-corrected chi connectivity index (χ2v) is 4.86. The van der Waals surface area contributed by atoms with E-state index in [1.807, 2.05) is 7.05 Å². The fourth-order valence-corrected chi connectivity index (χ4v) is 2.67. The molecule has 2 aliphatic rings. The Morgan fingerprint density at radius 3 is 2.89 bits per heavy atom. The minimum atomic E-state index is -1.24. The van der Waals surface area contributed by atoms with Crippen LogP contribution in [0.4, 0.5) is 0 Å². The zero-order valence-electron chi connectivity index (χ0n) is 10.3. The average molecular weight is 248 g/mol. The van der Waals surface area contributed by atoms with Gasteiger partial charge in [-0.3, -0.25) is 4.90 Å². The second kappa shape index (κ2) is 4.29. The van der Waals surface area contributed by atoms with Crippen LogP contribution < -0.4 is 0 Å². The van der Waals surface area contributed by atoms with Crippen molar-refractivity contribution >= 4 is 5.71 Å². The Balaban J connectivity index is 1.77. The lowest BCUT2D eigenvalue weighted by atomic mass is 9.99. The Labute approximate surface area is 105 Å². The number of hydrogen-bond acceptors (Lipinski definition) is 6. The van der Waals surface area contributed by atoms with Gasteiger partial charge in [0.15, 0.2) is 5.82 Å². The summed E-state index contributed by atoms with van der Waals surface area (Å²) in [4.78, 5) is 15.6. The van der Waals surface area contributed by atoms with Crippen LogP contribution in [0.25, 0.3) is 0 Å². The van der Waals surface area contributed by atoms with Gasteiger partial charge in [-0.25, -0.2) is 9.97 Å². The smallest absolute Gasteiger partial charge is 0.255 e. The molecule has 1 saturated heterocycles. The number of hydrogen-bond donors (Lipinski definition) is 1. The molecular weight excluding hydrogens is 232 g/mol. The first-order valence-electron chi connectivity index (χ1n) is 6.14. The predicted molar refractivity (Wildman–Crippen MR) is 64.9 cm³/mol. The van der Waals surface area contributed by atoms with Crippen molar-refractivity contribution in [1.29, 1.82) is 0 Å². The quantitative estimate of drug-likeness (QED) is 0.819. The van der Waals surface area contributed by atoms with Crippen molar-refractivity contribution in [1.82, 2.24) is 14.9 Å². The molecular formula is C12H16N4O2. The van der Waals surface area contributed by atoms with Crippen molar-refractivity contribution < 1.29 is 9.94 Å². The summed E-state index contributed by atoms with van der Waals surface area (Å²) in [6.07, 6.45) is 5.65. The zero-order valence-corrected chi connectivity index (χ0v) is 10.3. The SMILES string of the molecule is CN1CCC[C@H]1C1(O)CC(c2ncccn2)=NO1. The molecule has 1 aromatic heterocycles. The lowest BCUT2D eigenvalue weighted by Gasteiger charge is -2.31. The van der Waals surface area contributed by atoms with Crippen molar-refractivity contribution in [2.45, 2.75) is 31.1 Å². The van der Waals surface area contributed by atoms with E-state index in [0.29, 0.717) is 18.0 Å². The van der Waals surface area contributed by atoms with Gasteiger partial charge in [0.1, 0.15) is 5.71 Å². The van der Waals surface area contributed by atoms with Crippen LogP contribution in [0.5, 0.6) is 0 Å². The van der Waals surface area contributed by atoms with Gasteiger partial charge in [0.2, 0.25) is 0 Å². The van der Waals surface area contributed by atoms with E-state index in [9.17, 15) is 5.11 Å². The van der Waals surface area contributed by atoms with Crippen LogP contribution in [0.2, 0.25) is 0 Å². The molecule has 0 aromatic carbocycles. The molecule has 2 atom stereocenters. The standard InChI is InChI=1S/C12H16N4O2/c1-16-7-2-4-10(16)12(17)8-9(15-18-12)11-13-5-3-6-14-11/h3,5-6,10,17H,2,4,7-8H2,1H3/t10-,12?/m0/s1. The maximum atomic E-state index is 10.6. The Hall–Kier alpha value is -1.53. The number of oxime groups is 1. The Bertz CT molecular complexity index is 464. The molecule has 18 heavy (non-hydrogen) atoms. The van der Waals surface area contributed by atoms with E-state index >= 15 is 0 Å². The van der Waals surface area contributed by atoms with Crippen LogP contribution in [0.3, 0.4) is 0 Å². The summed E-state index contributed by atoms with van der Waals surface area (Å²) >= 11 is 0. The van der Waals surface area contributed by atoms with E-state index in [4.69, 9.17) is 4.84 Å². The van der Waals surface area contributed by atoms with Gasteiger partial charge < -0.3 is 9.94 Å². The van der Waals surface area contributed by atoms with E-state index in [2.05, 4.69) is 20.0 Å². The number of nitrogens with zero attached hydrogens (tertiary/aromatic N) is 4. The summed E-state index contributed by atoms with van der Waals surface area (Å²) in [5.41, 5.74) is 0.610. The monoisotopic (exact) mass is 248 g/mol. The molecule has 0 saturated carbocycles. The summed E-state index contributed by atoms with van der Waals surface area (Å²) in [6.45, 7) is 0.980. The van der Waals surface area contributed by atoms with Crippen molar-refractivity contribution in [3.8, 4) is 0 Å². The van der Waals surface area contributed by atoms with Crippen LogP contribution in [0.15, 0.2) is 23.6 Å². The summed E-state index contributed by atoms with van der Waals surface area (Å²) in [5, 5.41) is 14.5. The molecule has 0 radical (unpaired) electrons. The van der Waals surface area contributed by atoms with Crippen molar-refractivity contribution in [2.24, 2.45) is 5.16 Å². The van der Waals surface area contributed by atoms with E-state index in [1.165, 1.54) is 0 Å². The average Bonchev–Trinajstić information content (AvgIpc) is 2.98. The van der Waals surface area contributed by atoms with Crippen LogP contribution in [0, 0.1) is 0 Å². The first-order valence-corrected chi connectivity index (χ1v) is 6.14. The first-order chi connectivity index (χ1) is 8.69. The van der Waals surface area contributed by atoms with E-state index in [0.717, 1.165) is 19.4 Å². The summed E-state index contributed by atoms with van der Waals surface area (Å²) < 4.78 is 0. The van der Waals surface area contributed by atoms with Gasteiger partial charge >= 0.3 is 0 Å². The van der Waals surface area contributed by atoms with Crippen molar-refractivity contribution in [2.75, 3.05) is 13.6 Å². The molecule has 1 unspecified atom stereocenters. The van der Waals surface area contributed by atoms with Crippen molar-refractivity contribution in [3.05, 3.63) is 24.3 Å². The lowest BCUT2D eigenvalue weighted by Crippen LogP contribution is -2.48. The van der Waals surface area contributed by atoms with Crippen molar-refractivity contribution in [3.63, 3.8) is 0 Å². The van der Waals surface area contributed by atoms with E-state index < -0.39 is 5.79 Å². The molecule has 96 valence electrons. The minimum absolute atomic E-state index is 0.0116. The molecule has 6 heteroatoms. The Kier molecular flexibility index (Phi) is 2.76. The van der Waals surface area contributed by atoms with Gasteiger partial charge in [-0.05, 0) is 32.5 Å². The van der Waals surface area contributed by atoms with Gasteiger partial charge in [-0.1, -0.05) is 5.16 Å². The third-order valence-corrected chi connectivity index (χ3v) is 3.60. The Morgan fingerprint density at radius 2 is 2.22 bits per heavy atom. The van der Waals surface area contributed by atoms with Crippen LogP contribution in [-0.2, 0) is 4.84 Å². The van der Waals surface area contributed by atoms with Gasteiger partial charge in [-0.15, -0.1) is 0 Å². The lowest BCUT2D eigenvalue weighted by molar-refractivity contribution is -0.217. The first kappa shape index (κ1) is 11.6. The normalized spacial score (nSPS) is 32.3. The molecule has 1 N–H and O–H groups in total. The molecule has 1 aromatic rings. The third-order valence-electron chi connectivity index (χ3n) is 3.60. The highest BCUT2D eigenvalue weighted by molar-refractivity contribution is 5.98. The second-order valence-electron chi connectivity index (χ2n) is 4.86. The minimum Gasteiger partial charge on any atom is -0.358 e. The maximum Gasteiger partial charge on any atom is 0.255 e. The molecule has 0 spiro atoms. The predicted octanol–water partition coefficient (Wildman–Crippen LogP) is 0.384. The molecule has 3 heterocycles. The number of likely N-dealkylation sites (tertiary alicyclic amines) is 1. The Morgan fingerprint density at radius 1 is 1.44 bits per heavy atom. The van der Waals surface area contributed by atoms with Crippen LogP contribution in [-0.4, -0.2) is 51.1 Å². The van der Waals surface area contributed by atoms with Crippen LogP contribution >= 0.6 is 0 Å². The number of aromatic nitrogens is 2. The third kappa shape index (κ3) is 1.87. The van der Waals surface area contributed by atoms with Crippen LogP contribution in [0.1, 0.15) is 25.1 Å². The summed E-state index contributed by atoms with van der Waals surface area (Å²) in [6, 6.07) is 1.74. The largest absolute Gasteiger partial charge is 0.358 e. The molecule has 0 aliphatic carbocycles. The fourth-order valence-electron chi connectivity index (χ4n) is 2.67. The maximum absolute atomic E-state index is 10.6. The number of rotatable bonds is 2. The highest BCUT2D eigenvalue weighted by atomic mass is 16.7. The van der Waals surface area contributed by atoms with E-state index in [1.54, 1.807) is 18.5 Å². The molecule has 2 aliphatic heterocycles. The van der Waals surface area contributed by atoms with Gasteiger partial charge in [-0.2, -0.15) is 0 Å². The van der Waals surface area contributed by atoms with Gasteiger partial charge in [0, 0.05) is 12.4 Å². The molecule has 6 nitrogen and oxygen atoms in total. The van der Waals surface area contributed by atoms with Gasteiger partial charge in [0.05, 0.1) is 12.5 Å². The summed E-state index contributed by atoms with van der Waals surface area (Å²) in [7, 11) is 2.00. The zero-order chi connectivity index (χ0) is 12.6. The highest BCUT2D eigenvalue weighted by Crippen LogP contribution is 2.34. The summed E-state index contributed by atoms with van der Waals surface area (Å²) in [5.74, 6) is -0.714. The number of likely N-dealkylation sites (N-methyl/N-ethyl adjacent to an activating group) is 1. The molecule has 0 bridgehead atoms. The highest BCUT2D eigenvalue weighted by Gasteiger charge is 2.48. The molecule has 1 fully saturated rings. The fraction of sp³-hybridized carbons (Fsp3) is 0.583. The molecule has 0 amide bonds. The number of aliphatic hydroxyl groups is 1. The topological polar surface area (TPSA) is 70.8 Å². The molecule has 3 rings (SSSR count). The van der Waals surface area contributed by atoms with E-state index in [-0.39, 0.29) is 6.04 Å².